The number of hydrogen-bond acceptors (Lipinski definition) is 7. The molecule has 186 valence electrons. The highest BCUT2D eigenvalue weighted by Crippen LogP contribution is 2.29. The van der Waals surface area contributed by atoms with Crippen molar-refractivity contribution in [3.8, 4) is 23.0 Å². The predicted molar refractivity (Wildman–Crippen MR) is 137 cm³/mol. The molecule has 0 bridgehead atoms. The Morgan fingerprint density at radius 1 is 0.972 bits per heavy atom. The summed E-state index contributed by atoms with van der Waals surface area (Å²) >= 11 is 0. The topological polar surface area (TPSA) is 95.5 Å². The molecule has 0 aliphatic carbocycles. The van der Waals surface area contributed by atoms with Gasteiger partial charge in [0.1, 0.15) is 11.5 Å². The van der Waals surface area contributed by atoms with Gasteiger partial charge in [-0.2, -0.15) is 5.10 Å². The fourth-order valence-electron chi connectivity index (χ4n) is 3.17. The van der Waals surface area contributed by atoms with Gasteiger partial charge in [-0.15, -0.1) is 6.58 Å². The molecule has 0 saturated carbocycles. The summed E-state index contributed by atoms with van der Waals surface area (Å²) in [5, 5.41) is 3.97. The number of allylic oxidation sites excluding steroid dienone is 1. The average Bonchev–Trinajstić information content (AvgIpc) is 2.90. The van der Waals surface area contributed by atoms with Gasteiger partial charge in [-0.05, 0) is 73.0 Å². The SMILES string of the molecule is C=CCc1ccccc1OCC(=O)N/N=C/c1ccc(OC(=O)c2ccc(OC)cc2)c(OCC)c1. The van der Waals surface area contributed by atoms with Crippen molar-refractivity contribution in [2.45, 2.75) is 13.3 Å². The summed E-state index contributed by atoms with van der Waals surface area (Å²) in [5.41, 5.74) is 4.39. The van der Waals surface area contributed by atoms with Crippen molar-refractivity contribution in [1.82, 2.24) is 5.43 Å². The van der Waals surface area contributed by atoms with Gasteiger partial charge in [-0.25, -0.2) is 10.2 Å². The number of para-hydroxylation sites is 1. The minimum Gasteiger partial charge on any atom is -0.497 e. The van der Waals surface area contributed by atoms with Gasteiger partial charge >= 0.3 is 5.97 Å². The lowest BCUT2D eigenvalue weighted by Crippen LogP contribution is -2.24. The van der Waals surface area contributed by atoms with Crippen LogP contribution in [0.5, 0.6) is 23.0 Å². The van der Waals surface area contributed by atoms with Crippen LogP contribution in [0.15, 0.2) is 84.5 Å². The fourth-order valence-corrected chi connectivity index (χ4v) is 3.17. The first kappa shape index (κ1) is 26.0. The van der Waals surface area contributed by atoms with Crippen molar-refractivity contribution < 1.29 is 28.5 Å². The van der Waals surface area contributed by atoms with Crippen LogP contribution in [0.1, 0.15) is 28.4 Å². The molecule has 1 N–H and O–H groups in total. The summed E-state index contributed by atoms with van der Waals surface area (Å²) in [6.45, 7) is 5.74. The predicted octanol–water partition coefficient (Wildman–Crippen LogP) is 4.57. The Morgan fingerprint density at radius 2 is 1.75 bits per heavy atom. The molecular formula is C28H28N2O6. The number of hydrogen-bond donors (Lipinski definition) is 1. The molecule has 0 aliphatic rings. The maximum Gasteiger partial charge on any atom is 0.343 e. The third kappa shape index (κ3) is 7.46. The van der Waals surface area contributed by atoms with E-state index in [0.29, 0.717) is 41.4 Å². The molecule has 0 atom stereocenters. The quantitative estimate of drug-likeness (QED) is 0.132. The number of carbonyl (C=O) groups is 2. The maximum atomic E-state index is 12.5. The van der Waals surface area contributed by atoms with E-state index >= 15 is 0 Å². The summed E-state index contributed by atoms with van der Waals surface area (Å²) < 4.78 is 21.8. The first-order chi connectivity index (χ1) is 17.5. The monoisotopic (exact) mass is 488 g/mol. The molecule has 0 spiro atoms. The van der Waals surface area contributed by atoms with Crippen molar-refractivity contribution in [2.24, 2.45) is 5.10 Å². The molecule has 0 saturated heterocycles. The normalized spacial score (nSPS) is 10.5. The van der Waals surface area contributed by atoms with Crippen LogP contribution in [0.3, 0.4) is 0 Å². The van der Waals surface area contributed by atoms with Gasteiger partial charge in [-0.3, -0.25) is 4.79 Å². The zero-order valence-corrected chi connectivity index (χ0v) is 20.2. The van der Waals surface area contributed by atoms with E-state index in [1.54, 1.807) is 61.7 Å². The summed E-state index contributed by atoms with van der Waals surface area (Å²) in [6.07, 6.45) is 3.87. The standard InChI is InChI=1S/C28H28N2O6/c1-4-8-21-9-6-7-10-24(21)35-19-27(31)30-29-18-20-11-16-25(26(17-20)34-5-2)36-28(32)22-12-14-23(33-3)15-13-22/h4,6-7,9-18H,1,5,8,19H2,2-3H3,(H,30,31)/b29-18+. The van der Waals surface area contributed by atoms with Crippen LogP contribution in [0.2, 0.25) is 0 Å². The van der Waals surface area contributed by atoms with Crippen LogP contribution in [0, 0.1) is 0 Å². The van der Waals surface area contributed by atoms with Gasteiger partial charge in [0.05, 0.1) is 25.5 Å². The largest absolute Gasteiger partial charge is 0.497 e. The second-order valence-corrected chi connectivity index (χ2v) is 7.44. The summed E-state index contributed by atoms with van der Waals surface area (Å²) in [4.78, 5) is 24.7. The van der Waals surface area contributed by atoms with Crippen LogP contribution in [0.4, 0.5) is 0 Å². The van der Waals surface area contributed by atoms with E-state index in [9.17, 15) is 9.59 Å². The minimum atomic E-state index is -0.526. The molecule has 0 fully saturated rings. The molecule has 8 nitrogen and oxygen atoms in total. The zero-order chi connectivity index (χ0) is 25.8. The van der Waals surface area contributed by atoms with E-state index in [-0.39, 0.29) is 12.4 Å². The van der Waals surface area contributed by atoms with Gasteiger partial charge in [0.2, 0.25) is 0 Å². The third-order valence-corrected chi connectivity index (χ3v) is 4.89. The number of carbonyl (C=O) groups excluding carboxylic acids is 2. The molecule has 0 heterocycles. The maximum absolute atomic E-state index is 12.5. The zero-order valence-electron chi connectivity index (χ0n) is 20.2. The molecule has 0 radical (unpaired) electrons. The highest BCUT2D eigenvalue weighted by Gasteiger charge is 2.13. The smallest absolute Gasteiger partial charge is 0.343 e. The Hall–Kier alpha value is -4.59. The van der Waals surface area contributed by atoms with Gasteiger partial charge in [0.15, 0.2) is 18.1 Å². The molecule has 36 heavy (non-hydrogen) atoms. The lowest BCUT2D eigenvalue weighted by molar-refractivity contribution is -0.123. The number of ether oxygens (including phenoxy) is 4. The fraction of sp³-hybridized carbons (Fsp3) is 0.179. The Kier molecular flexibility index (Phi) is 9.64. The number of methoxy groups -OCH3 is 1. The number of esters is 1. The lowest BCUT2D eigenvalue weighted by atomic mass is 10.1. The second-order valence-electron chi connectivity index (χ2n) is 7.44. The first-order valence-electron chi connectivity index (χ1n) is 11.3. The van der Waals surface area contributed by atoms with Gasteiger partial charge in [0, 0.05) is 0 Å². The van der Waals surface area contributed by atoms with Crippen LogP contribution in [0.25, 0.3) is 0 Å². The van der Waals surface area contributed by atoms with Crippen LogP contribution >= 0.6 is 0 Å². The van der Waals surface area contributed by atoms with E-state index in [1.165, 1.54) is 6.21 Å². The second kappa shape index (κ2) is 13.3. The van der Waals surface area contributed by atoms with Crippen LogP contribution < -0.4 is 24.4 Å². The van der Waals surface area contributed by atoms with E-state index in [4.69, 9.17) is 18.9 Å². The molecule has 3 rings (SSSR count). The van der Waals surface area contributed by atoms with Crippen molar-refractivity contribution in [3.05, 3.63) is 96.1 Å². The number of benzene rings is 3. The number of nitrogens with one attached hydrogen (secondary N) is 1. The van der Waals surface area contributed by atoms with Crippen molar-refractivity contribution in [3.63, 3.8) is 0 Å². The summed E-state index contributed by atoms with van der Waals surface area (Å²) in [7, 11) is 1.55. The first-order valence-corrected chi connectivity index (χ1v) is 11.3. The van der Waals surface area contributed by atoms with Crippen LogP contribution in [-0.2, 0) is 11.2 Å². The molecular weight excluding hydrogens is 460 g/mol. The average molecular weight is 489 g/mol. The highest BCUT2D eigenvalue weighted by molar-refractivity contribution is 5.92. The van der Waals surface area contributed by atoms with E-state index in [2.05, 4.69) is 17.1 Å². The Labute approximate surface area is 210 Å². The van der Waals surface area contributed by atoms with Crippen molar-refractivity contribution in [2.75, 3.05) is 20.3 Å². The number of nitrogens with zero attached hydrogens (tertiary/aromatic N) is 1. The highest BCUT2D eigenvalue weighted by atomic mass is 16.6. The summed E-state index contributed by atoms with van der Waals surface area (Å²) in [5.74, 6) is 0.970. The molecule has 3 aromatic rings. The summed E-state index contributed by atoms with van der Waals surface area (Å²) in [6, 6.07) is 19.0. The number of hydrazone groups is 1. The lowest BCUT2D eigenvalue weighted by Gasteiger charge is -2.11. The Bertz CT molecular complexity index is 1220. The number of rotatable bonds is 12. The molecule has 0 aliphatic heterocycles. The van der Waals surface area contributed by atoms with E-state index in [0.717, 1.165) is 5.56 Å². The van der Waals surface area contributed by atoms with E-state index in [1.807, 2.05) is 25.1 Å². The molecule has 8 heteroatoms. The van der Waals surface area contributed by atoms with Gasteiger partial charge < -0.3 is 18.9 Å². The molecule has 0 aromatic heterocycles. The molecule has 3 aromatic carbocycles. The van der Waals surface area contributed by atoms with Gasteiger partial charge in [-0.1, -0.05) is 24.3 Å². The van der Waals surface area contributed by atoms with Crippen molar-refractivity contribution >= 4 is 18.1 Å². The molecule has 0 unspecified atom stereocenters. The molecule has 1 amide bonds. The Morgan fingerprint density at radius 3 is 2.47 bits per heavy atom. The Balaban J connectivity index is 1.59. The number of amides is 1. The minimum absolute atomic E-state index is 0.185. The van der Waals surface area contributed by atoms with E-state index < -0.39 is 11.9 Å². The van der Waals surface area contributed by atoms with Crippen molar-refractivity contribution in [1.29, 1.82) is 0 Å². The third-order valence-electron chi connectivity index (χ3n) is 4.89. The van der Waals surface area contributed by atoms with Gasteiger partial charge in [0.25, 0.3) is 5.91 Å². The van der Waals surface area contributed by atoms with Crippen LogP contribution in [-0.4, -0.2) is 38.4 Å².